The highest BCUT2D eigenvalue weighted by molar-refractivity contribution is 5.28. The summed E-state index contributed by atoms with van der Waals surface area (Å²) >= 11 is 0. The summed E-state index contributed by atoms with van der Waals surface area (Å²) in [4.78, 5) is 4.90. The normalized spacial score (nSPS) is 16.3. The number of nitrogens with zero attached hydrogens (tertiary/aromatic N) is 6. The van der Waals surface area contributed by atoms with Gasteiger partial charge in [0, 0.05) is 32.7 Å². The number of tetrazole rings is 1. The van der Waals surface area contributed by atoms with E-state index in [1.807, 2.05) is 29.0 Å². The molecule has 1 atom stereocenters. The zero-order chi connectivity index (χ0) is 20.8. The lowest BCUT2D eigenvalue weighted by Crippen LogP contribution is -2.48. The fraction of sp³-hybridized carbons (Fsp3) is 0.348. The van der Waals surface area contributed by atoms with Gasteiger partial charge < -0.3 is 4.74 Å². The van der Waals surface area contributed by atoms with Crippen LogP contribution in [0, 0.1) is 0 Å². The van der Waals surface area contributed by atoms with Crippen molar-refractivity contribution in [3.05, 3.63) is 84.2 Å². The third-order valence-corrected chi connectivity index (χ3v) is 5.57. The maximum Gasteiger partial charge on any atom is 0.173 e. The Morgan fingerprint density at radius 2 is 1.77 bits per heavy atom. The van der Waals surface area contributed by atoms with Gasteiger partial charge in [-0.1, -0.05) is 48.5 Å². The van der Waals surface area contributed by atoms with Crippen LogP contribution >= 0.6 is 0 Å². The molecule has 1 fully saturated rings. The number of hydrogen-bond donors (Lipinski definition) is 0. The first-order valence-electron chi connectivity index (χ1n) is 10.3. The molecule has 1 saturated heterocycles. The van der Waals surface area contributed by atoms with Gasteiger partial charge in [-0.25, -0.2) is 4.68 Å². The summed E-state index contributed by atoms with van der Waals surface area (Å²) in [6.45, 7) is 9.35. The topological polar surface area (TPSA) is 59.3 Å². The highest BCUT2D eigenvalue weighted by atomic mass is 16.5. The second-order valence-electron chi connectivity index (χ2n) is 7.48. The monoisotopic (exact) mass is 404 g/mol. The SMILES string of the molecule is C=CCN1CCN([C@@H](c2ccccc2)c2nnnn2Cc2ccc(OC)cc2)CC1. The van der Waals surface area contributed by atoms with E-state index in [-0.39, 0.29) is 6.04 Å². The van der Waals surface area contributed by atoms with Gasteiger partial charge in [0.2, 0.25) is 0 Å². The van der Waals surface area contributed by atoms with Crippen LogP contribution < -0.4 is 4.74 Å². The predicted molar refractivity (Wildman–Crippen MR) is 116 cm³/mol. The molecule has 0 amide bonds. The first-order chi connectivity index (χ1) is 14.8. The summed E-state index contributed by atoms with van der Waals surface area (Å²) in [5, 5.41) is 12.8. The van der Waals surface area contributed by atoms with E-state index in [1.165, 1.54) is 5.56 Å². The van der Waals surface area contributed by atoms with E-state index in [0.717, 1.165) is 49.9 Å². The molecule has 1 aliphatic heterocycles. The van der Waals surface area contributed by atoms with Crippen LogP contribution in [-0.2, 0) is 6.54 Å². The molecule has 2 aromatic carbocycles. The molecule has 0 aliphatic carbocycles. The molecule has 156 valence electrons. The van der Waals surface area contributed by atoms with Crippen molar-refractivity contribution in [1.82, 2.24) is 30.0 Å². The Hall–Kier alpha value is -3.03. The minimum atomic E-state index is 0.0188. The molecule has 2 heterocycles. The Morgan fingerprint density at radius 1 is 1.03 bits per heavy atom. The maximum atomic E-state index is 5.27. The van der Waals surface area contributed by atoms with Crippen LogP contribution in [0.3, 0.4) is 0 Å². The van der Waals surface area contributed by atoms with Gasteiger partial charge in [-0.3, -0.25) is 9.80 Å². The summed E-state index contributed by atoms with van der Waals surface area (Å²) in [5.41, 5.74) is 2.34. The zero-order valence-electron chi connectivity index (χ0n) is 17.4. The molecule has 3 aromatic rings. The van der Waals surface area contributed by atoms with Crippen LogP contribution in [0.25, 0.3) is 0 Å². The lowest BCUT2D eigenvalue weighted by Gasteiger charge is -2.38. The molecule has 30 heavy (non-hydrogen) atoms. The average molecular weight is 405 g/mol. The van der Waals surface area contributed by atoms with Crippen molar-refractivity contribution in [1.29, 1.82) is 0 Å². The largest absolute Gasteiger partial charge is 0.497 e. The average Bonchev–Trinajstić information content (AvgIpc) is 3.24. The molecule has 0 unspecified atom stereocenters. The fourth-order valence-corrected chi connectivity index (χ4v) is 3.97. The summed E-state index contributed by atoms with van der Waals surface area (Å²) in [5.74, 6) is 1.71. The number of aromatic nitrogens is 4. The van der Waals surface area contributed by atoms with Crippen LogP contribution in [0.2, 0.25) is 0 Å². The lowest BCUT2D eigenvalue weighted by molar-refractivity contribution is 0.112. The van der Waals surface area contributed by atoms with E-state index in [9.17, 15) is 0 Å². The van der Waals surface area contributed by atoms with Gasteiger partial charge in [-0.15, -0.1) is 11.7 Å². The molecule has 1 aliphatic rings. The summed E-state index contributed by atoms with van der Waals surface area (Å²) < 4.78 is 7.18. The summed E-state index contributed by atoms with van der Waals surface area (Å²) in [6.07, 6.45) is 1.97. The van der Waals surface area contributed by atoms with Crippen LogP contribution in [0.1, 0.15) is 23.0 Å². The third-order valence-electron chi connectivity index (χ3n) is 5.57. The van der Waals surface area contributed by atoms with Gasteiger partial charge >= 0.3 is 0 Å². The van der Waals surface area contributed by atoms with E-state index < -0.39 is 0 Å². The van der Waals surface area contributed by atoms with Gasteiger partial charge in [0.25, 0.3) is 0 Å². The molecule has 0 saturated carbocycles. The molecule has 7 nitrogen and oxygen atoms in total. The van der Waals surface area contributed by atoms with Crippen LogP contribution in [0.4, 0.5) is 0 Å². The maximum absolute atomic E-state index is 5.27. The quantitative estimate of drug-likeness (QED) is 0.538. The number of hydrogen-bond acceptors (Lipinski definition) is 6. The van der Waals surface area contributed by atoms with E-state index in [2.05, 4.69) is 68.3 Å². The van der Waals surface area contributed by atoms with Gasteiger partial charge in [-0.05, 0) is 33.7 Å². The predicted octanol–water partition coefficient (Wildman–Crippen LogP) is 2.62. The minimum Gasteiger partial charge on any atom is -0.497 e. The van der Waals surface area contributed by atoms with Crippen LogP contribution in [0.15, 0.2) is 67.3 Å². The van der Waals surface area contributed by atoms with Crippen molar-refractivity contribution in [3.63, 3.8) is 0 Å². The Labute approximate surface area is 177 Å². The van der Waals surface area contributed by atoms with Crippen molar-refractivity contribution in [3.8, 4) is 5.75 Å². The number of benzene rings is 2. The fourth-order valence-electron chi connectivity index (χ4n) is 3.97. The smallest absolute Gasteiger partial charge is 0.173 e. The standard InChI is InChI=1S/C23H28N6O/c1-3-13-27-14-16-28(17-15-27)22(20-7-5-4-6-8-20)23-24-25-26-29(23)18-19-9-11-21(30-2)12-10-19/h3-12,22H,1,13-18H2,2H3/t22-/m0/s1. The van der Waals surface area contributed by atoms with E-state index >= 15 is 0 Å². The Kier molecular flexibility index (Phi) is 6.51. The van der Waals surface area contributed by atoms with Crippen molar-refractivity contribution in [2.75, 3.05) is 39.8 Å². The Bertz CT molecular complexity index is 932. The molecule has 0 radical (unpaired) electrons. The first-order valence-corrected chi connectivity index (χ1v) is 10.3. The highest BCUT2D eigenvalue weighted by Crippen LogP contribution is 2.28. The number of piperazine rings is 1. The molecule has 0 spiro atoms. The van der Waals surface area contributed by atoms with Gasteiger partial charge in [0.1, 0.15) is 5.75 Å². The third kappa shape index (κ3) is 4.58. The number of ether oxygens (including phenoxy) is 1. The molecule has 1 aromatic heterocycles. The second kappa shape index (κ2) is 9.65. The molecule has 7 heteroatoms. The molecule has 4 rings (SSSR count). The van der Waals surface area contributed by atoms with E-state index in [0.29, 0.717) is 6.54 Å². The van der Waals surface area contributed by atoms with Crippen molar-refractivity contribution in [2.45, 2.75) is 12.6 Å². The summed E-state index contributed by atoms with van der Waals surface area (Å²) in [7, 11) is 1.67. The second-order valence-corrected chi connectivity index (χ2v) is 7.48. The van der Waals surface area contributed by atoms with Crippen LogP contribution in [-0.4, -0.2) is 69.8 Å². The first kappa shape index (κ1) is 20.3. The van der Waals surface area contributed by atoms with E-state index in [4.69, 9.17) is 4.74 Å². The number of methoxy groups -OCH3 is 1. The van der Waals surface area contributed by atoms with E-state index in [1.54, 1.807) is 7.11 Å². The minimum absolute atomic E-state index is 0.0188. The van der Waals surface area contributed by atoms with Gasteiger partial charge in [0.05, 0.1) is 19.7 Å². The highest BCUT2D eigenvalue weighted by Gasteiger charge is 2.30. The molecule has 0 bridgehead atoms. The molecular weight excluding hydrogens is 376 g/mol. The van der Waals surface area contributed by atoms with Crippen molar-refractivity contribution >= 4 is 0 Å². The van der Waals surface area contributed by atoms with Crippen molar-refractivity contribution < 1.29 is 4.74 Å². The Morgan fingerprint density at radius 3 is 2.43 bits per heavy atom. The molecular formula is C23H28N6O. The van der Waals surface area contributed by atoms with Crippen LogP contribution in [0.5, 0.6) is 5.75 Å². The number of rotatable bonds is 8. The Balaban J connectivity index is 1.60. The van der Waals surface area contributed by atoms with Gasteiger partial charge in [-0.2, -0.15) is 0 Å². The summed E-state index contributed by atoms with van der Waals surface area (Å²) in [6, 6.07) is 18.6. The molecule has 0 N–H and O–H groups in total. The lowest BCUT2D eigenvalue weighted by atomic mass is 10.0. The van der Waals surface area contributed by atoms with Crippen molar-refractivity contribution in [2.24, 2.45) is 0 Å². The zero-order valence-corrected chi connectivity index (χ0v) is 17.4. The van der Waals surface area contributed by atoms with Gasteiger partial charge in [0.15, 0.2) is 5.82 Å².